The lowest BCUT2D eigenvalue weighted by molar-refractivity contribution is -0.143. The van der Waals surface area contributed by atoms with Gasteiger partial charge in [0.15, 0.2) is 20.2 Å². The van der Waals surface area contributed by atoms with Crippen LogP contribution in [0.3, 0.4) is 0 Å². The van der Waals surface area contributed by atoms with E-state index in [1.807, 2.05) is 44.8 Å². The smallest absolute Gasteiger partial charge is 0.325 e. The second kappa shape index (κ2) is 8.93. The second-order valence-corrected chi connectivity index (χ2v) is 22.8. The Bertz CT molecular complexity index is 642. The molecular formula is C19H36O5Si3. The number of ether oxygens (including phenoxy) is 1. The molecule has 0 saturated heterocycles. The van der Waals surface area contributed by atoms with Crippen molar-refractivity contribution in [3.8, 4) is 11.5 Å². The number of rotatable bonds is 9. The van der Waals surface area contributed by atoms with Gasteiger partial charge in [0.05, 0.1) is 6.61 Å². The maximum atomic E-state index is 12.9. The molecule has 5 nitrogen and oxygen atoms in total. The number of hydrogen-bond donors (Lipinski definition) is 0. The van der Waals surface area contributed by atoms with Gasteiger partial charge in [-0.2, -0.15) is 0 Å². The lowest BCUT2D eigenvalue weighted by Gasteiger charge is -2.29. The monoisotopic (exact) mass is 428 g/mol. The summed E-state index contributed by atoms with van der Waals surface area (Å²) < 4.78 is 23.9. The Labute approximate surface area is 167 Å². The van der Waals surface area contributed by atoms with E-state index in [0.717, 1.165) is 5.56 Å². The summed E-state index contributed by atoms with van der Waals surface area (Å²) in [6.07, 6.45) is -0.747. The summed E-state index contributed by atoms with van der Waals surface area (Å²) in [4.78, 5) is 12.9. The van der Waals surface area contributed by atoms with E-state index in [-0.39, 0.29) is 5.97 Å². The third-order valence-electron chi connectivity index (χ3n) is 3.08. The molecule has 0 heterocycles. The van der Waals surface area contributed by atoms with Gasteiger partial charge in [0.25, 0.3) is 0 Å². The maximum Gasteiger partial charge on any atom is 0.325 e. The van der Waals surface area contributed by atoms with Gasteiger partial charge < -0.3 is 18.0 Å². The lowest BCUT2D eigenvalue weighted by Crippen LogP contribution is -2.37. The Kier molecular flexibility index (Phi) is 7.92. The third kappa shape index (κ3) is 9.09. The van der Waals surface area contributed by atoms with Crippen LogP contribution in [0.1, 0.15) is 18.6 Å². The molecule has 0 N–H and O–H groups in total. The van der Waals surface area contributed by atoms with Gasteiger partial charge in [-0.3, -0.25) is 4.79 Å². The predicted molar refractivity (Wildman–Crippen MR) is 118 cm³/mol. The average molecular weight is 429 g/mol. The molecule has 27 heavy (non-hydrogen) atoms. The highest BCUT2D eigenvalue weighted by molar-refractivity contribution is 6.71. The van der Waals surface area contributed by atoms with E-state index in [1.165, 1.54) is 0 Å². The Morgan fingerprint density at radius 3 is 1.93 bits per heavy atom. The van der Waals surface area contributed by atoms with Crippen LogP contribution >= 0.6 is 0 Å². The first kappa shape index (κ1) is 23.9. The summed E-state index contributed by atoms with van der Waals surface area (Å²) in [6.45, 7) is 21.0. The van der Waals surface area contributed by atoms with Gasteiger partial charge in [0.1, 0.15) is 5.75 Å². The summed E-state index contributed by atoms with van der Waals surface area (Å²) in [6, 6.07) is 5.62. The number of carbonyl (C=O) groups excluding carboxylic acids is 1. The summed E-state index contributed by atoms with van der Waals surface area (Å²) in [5.41, 5.74) is 0.743. The molecule has 1 aromatic rings. The van der Waals surface area contributed by atoms with Crippen LogP contribution in [0.2, 0.25) is 58.9 Å². The standard InChI is InChI=1S/C19H36O5Si3/c1-11-21-17-14-15(12-13-16(17)22-25(2,3)4)18(23-26(5,6)7)19(20)24-27(8,9)10/h12-14,18H,11H2,1-10H3. The highest BCUT2D eigenvalue weighted by Gasteiger charge is 2.33. The molecule has 0 aliphatic rings. The molecule has 1 rings (SSSR count). The minimum atomic E-state index is -2.03. The SMILES string of the molecule is CCOc1cc(C(O[Si](C)(C)C)C(=O)O[Si](C)(C)C)ccc1O[Si](C)(C)C. The molecular weight excluding hydrogens is 392 g/mol. The second-order valence-electron chi connectivity index (χ2n) is 9.50. The summed E-state index contributed by atoms with van der Waals surface area (Å²) in [7, 11) is -5.79. The van der Waals surface area contributed by atoms with E-state index in [0.29, 0.717) is 18.1 Å². The molecule has 0 aliphatic carbocycles. The van der Waals surface area contributed by atoms with Gasteiger partial charge in [0, 0.05) is 0 Å². The van der Waals surface area contributed by atoms with Crippen LogP contribution in [-0.2, 0) is 13.6 Å². The van der Waals surface area contributed by atoms with Crippen molar-refractivity contribution in [1.29, 1.82) is 0 Å². The molecule has 154 valence electrons. The number of hydrogen-bond acceptors (Lipinski definition) is 5. The fourth-order valence-electron chi connectivity index (χ4n) is 2.33. The van der Waals surface area contributed by atoms with E-state index in [2.05, 4.69) is 39.3 Å². The van der Waals surface area contributed by atoms with Crippen LogP contribution in [0.5, 0.6) is 11.5 Å². The number of carbonyl (C=O) groups is 1. The quantitative estimate of drug-likeness (QED) is 0.481. The molecule has 1 unspecified atom stereocenters. The van der Waals surface area contributed by atoms with Crippen LogP contribution in [0.15, 0.2) is 18.2 Å². The first-order valence-corrected chi connectivity index (χ1v) is 19.7. The minimum Gasteiger partial charge on any atom is -0.542 e. The normalized spacial score (nSPS) is 13.9. The van der Waals surface area contributed by atoms with Crippen molar-refractivity contribution < 1.29 is 22.8 Å². The van der Waals surface area contributed by atoms with Gasteiger partial charge in [-0.15, -0.1) is 0 Å². The van der Waals surface area contributed by atoms with Crippen LogP contribution in [-0.4, -0.2) is 37.5 Å². The van der Waals surface area contributed by atoms with Crippen molar-refractivity contribution in [3.63, 3.8) is 0 Å². The van der Waals surface area contributed by atoms with Crippen molar-refractivity contribution in [2.45, 2.75) is 72.0 Å². The van der Waals surface area contributed by atoms with E-state index in [4.69, 9.17) is 18.0 Å². The number of benzene rings is 1. The molecule has 0 amide bonds. The molecule has 8 heteroatoms. The summed E-state index contributed by atoms with van der Waals surface area (Å²) in [5.74, 6) is 1.03. The minimum absolute atomic E-state index is 0.321. The van der Waals surface area contributed by atoms with Gasteiger partial charge in [-0.05, 0) is 83.5 Å². The molecule has 0 radical (unpaired) electrons. The molecule has 0 aromatic heterocycles. The lowest BCUT2D eigenvalue weighted by atomic mass is 10.1. The highest BCUT2D eigenvalue weighted by Crippen LogP contribution is 2.35. The van der Waals surface area contributed by atoms with E-state index in [1.54, 1.807) is 0 Å². The first-order chi connectivity index (χ1) is 12.1. The van der Waals surface area contributed by atoms with Crippen molar-refractivity contribution in [3.05, 3.63) is 23.8 Å². The van der Waals surface area contributed by atoms with Gasteiger partial charge in [-0.1, -0.05) is 6.07 Å². The zero-order valence-corrected chi connectivity index (χ0v) is 21.6. The molecule has 0 aliphatic heterocycles. The third-order valence-corrected chi connectivity index (χ3v) is 5.67. The van der Waals surface area contributed by atoms with Crippen molar-refractivity contribution in [1.82, 2.24) is 0 Å². The zero-order valence-electron chi connectivity index (χ0n) is 18.6. The molecule has 1 atom stereocenters. The van der Waals surface area contributed by atoms with E-state index in [9.17, 15) is 4.79 Å². The van der Waals surface area contributed by atoms with Gasteiger partial charge in [0.2, 0.25) is 16.6 Å². The van der Waals surface area contributed by atoms with Crippen LogP contribution < -0.4 is 9.16 Å². The topological polar surface area (TPSA) is 54.0 Å². The fourth-order valence-corrected chi connectivity index (χ4v) is 4.81. The average Bonchev–Trinajstić information content (AvgIpc) is 2.42. The van der Waals surface area contributed by atoms with Crippen LogP contribution in [0, 0.1) is 0 Å². The van der Waals surface area contributed by atoms with Crippen LogP contribution in [0.4, 0.5) is 0 Å². The largest absolute Gasteiger partial charge is 0.542 e. The molecule has 0 bridgehead atoms. The molecule has 0 fully saturated rings. The van der Waals surface area contributed by atoms with Crippen molar-refractivity contribution in [2.75, 3.05) is 6.61 Å². The molecule has 0 spiro atoms. The first-order valence-electron chi connectivity index (χ1n) is 9.48. The highest BCUT2D eigenvalue weighted by atomic mass is 28.4. The van der Waals surface area contributed by atoms with E-state index >= 15 is 0 Å². The fraction of sp³-hybridized carbons (Fsp3) is 0.632. The van der Waals surface area contributed by atoms with Crippen molar-refractivity contribution in [2.24, 2.45) is 0 Å². The maximum absolute atomic E-state index is 12.9. The van der Waals surface area contributed by atoms with Gasteiger partial charge in [-0.25, -0.2) is 0 Å². The Morgan fingerprint density at radius 2 is 1.48 bits per heavy atom. The molecule has 1 aromatic carbocycles. The van der Waals surface area contributed by atoms with E-state index < -0.39 is 31.1 Å². The summed E-state index contributed by atoms with van der Waals surface area (Å²) >= 11 is 0. The van der Waals surface area contributed by atoms with Crippen molar-refractivity contribution >= 4 is 30.9 Å². The van der Waals surface area contributed by atoms with Gasteiger partial charge >= 0.3 is 5.97 Å². The Morgan fingerprint density at radius 1 is 0.889 bits per heavy atom. The summed E-state index contributed by atoms with van der Waals surface area (Å²) in [5, 5.41) is 0. The predicted octanol–water partition coefficient (Wildman–Crippen LogP) is 5.57. The zero-order chi connectivity index (χ0) is 21.0. The Hall–Kier alpha value is -1.10. The molecule has 0 saturated carbocycles. The Balaban J connectivity index is 3.31. The van der Waals surface area contributed by atoms with Crippen LogP contribution in [0.25, 0.3) is 0 Å².